The summed E-state index contributed by atoms with van der Waals surface area (Å²) in [5.41, 5.74) is 0.775. The number of amides is 2. The Balaban J connectivity index is 2.85. The zero-order valence-electron chi connectivity index (χ0n) is 11.1. The summed E-state index contributed by atoms with van der Waals surface area (Å²) in [7, 11) is 0. The summed E-state index contributed by atoms with van der Waals surface area (Å²) < 4.78 is 0. The number of carboxylic acid groups (broad SMARTS) is 1. The maximum Gasteiger partial charge on any atom is 0.338 e. The van der Waals surface area contributed by atoms with Crippen molar-refractivity contribution in [2.45, 2.75) is 33.2 Å². The molecule has 6 nitrogen and oxygen atoms in total. The fourth-order valence-electron chi connectivity index (χ4n) is 1.57. The number of urea groups is 1. The molecule has 7 heteroatoms. The predicted octanol–water partition coefficient (Wildman–Crippen LogP) is 1.96. The van der Waals surface area contributed by atoms with Gasteiger partial charge in [-0.1, -0.05) is 6.92 Å². The monoisotopic (exact) mass is 286 g/mol. The number of rotatable bonds is 5. The van der Waals surface area contributed by atoms with E-state index in [1.807, 2.05) is 6.92 Å². The maximum absolute atomic E-state index is 11.7. The summed E-state index contributed by atoms with van der Waals surface area (Å²) in [6, 6.07) is -0.847. The third-order valence-electron chi connectivity index (χ3n) is 2.87. The normalized spacial score (nSPS) is 12.0. The number of nitrogens with one attached hydrogen (secondary N) is 2. The molecule has 2 amide bonds. The molecule has 1 atom stereocenters. The molecule has 0 radical (unpaired) electrons. The highest BCUT2D eigenvalue weighted by Gasteiger charge is 2.20. The number of hydrogen-bond acceptors (Lipinski definition) is 4. The van der Waals surface area contributed by atoms with Crippen LogP contribution >= 0.6 is 11.3 Å². The van der Waals surface area contributed by atoms with Gasteiger partial charge in [0.1, 0.15) is 5.00 Å². The number of hydrogen-bond donors (Lipinski definition) is 4. The number of carbonyl (C=O) groups is 2. The van der Waals surface area contributed by atoms with Crippen molar-refractivity contribution in [1.29, 1.82) is 0 Å². The van der Waals surface area contributed by atoms with Crippen LogP contribution in [0.1, 0.15) is 34.1 Å². The van der Waals surface area contributed by atoms with Crippen LogP contribution in [0.15, 0.2) is 0 Å². The van der Waals surface area contributed by atoms with Gasteiger partial charge < -0.3 is 15.5 Å². The molecule has 0 unspecified atom stereocenters. The van der Waals surface area contributed by atoms with Crippen molar-refractivity contribution < 1.29 is 19.8 Å². The molecule has 0 spiro atoms. The molecule has 0 saturated carbocycles. The Morgan fingerprint density at radius 3 is 2.47 bits per heavy atom. The van der Waals surface area contributed by atoms with Crippen LogP contribution in [0.3, 0.4) is 0 Å². The van der Waals surface area contributed by atoms with Crippen molar-refractivity contribution >= 4 is 28.3 Å². The van der Waals surface area contributed by atoms with Gasteiger partial charge in [0.15, 0.2) is 0 Å². The van der Waals surface area contributed by atoms with Gasteiger partial charge in [0.05, 0.1) is 18.2 Å². The van der Waals surface area contributed by atoms with Gasteiger partial charge >= 0.3 is 12.0 Å². The molecular weight excluding hydrogens is 268 g/mol. The topological polar surface area (TPSA) is 98.7 Å². The van der Waals surface area contributed by atoms with Crippen molar-refractivity contribution in [3.8, 4) is 0 Å². The first-order valence-electron chi connectivity index (χ1n) is 5.92. The molecule has 1 heterocycles. The van der Waals surface area contributed by atoms with E-state index in [9.17, 15) is 9.59 Å². The zero-order chi connectivity index (χ0) is 14.6. The lowest BCUT2D eigenvalue weighted by Gasteiger charge is -2.14. The standard InChI is InChI=1S/C12H18N2O4S/c1-4-8(5-15)13-12(18)14-10-9(11(16)17)6(2)7(3)19-10/h8,15H,4-5H2,1-3H3,(H,16,17)(H2,13,14,18)/t8-/m1/s1. The lowest BCUT2D eigenvalue weighted by molar-refractivity contribution is 0.0697. The molecule has 0 aliphatic carbocycles. The van der Waals surface area contributed by atoms with Gasteiger partial charge in [-0.2, -0.15) is 0 Å². The highest BCUT2D eigenvalue weighted by atomic mass is 32.1. The van der Waals surface area contributed by atoms with E-state index in [4.69, 9.17) is 10.2 Å². The number of aliphatic hydroxyl groups excluding tert-OH is 1. The van der Waals surface area contributed by atoms with Crippen LogP contribution in [0, 0.1) is 13.8 Å². The fourth-order valence-corrected chi connectivity index (χ4v) is 2.62. The first-order valence-corrected chi connectivity index (χ1v) is 6.74. The second-order valence-corrected chi connectivity index (χ2v) is 5.40. The Bertz CT molecular complexity index is 480. The zero-order valence-corrected chi connectivity index (χ0v) is 11.9. The summed E-state index contributed by atoms with van der Waals surface area (Å²) in [4.78, 5) is 23.7. The average Bonchev–Trinajstić information content (AvgIpc) is 2.61. The molecule has 106 valence electrons. The van der Waals surface area contributed by atoms with Crippen LogP contribution in [0.25, 0.3) is 0 Å². The number of anilines is 1. The van der Waals surface area contributed by atoms with Gasteiger partial charge in [0.2, 0.25) is 0 Å². The van der Waals surface area contributed by atoms with Crippen molar-refractivity contribution in [3.63, 3.8) is 0 Å². The molecular formula is C12H18N2O4S. The van der Waals surface area contributed by atoms with Crippen LogP contribution in [0.2, 0.25) is 0 Å². The van der Waals surface area contributed by atoms with Crippen LogP contribution < -0.4 is 10.6 Å². The molecule has 0 saturated heterocycles. The SMILES string of the molecule is CC[C@H](CO)NC(=O)Nc1sc(C)c(C)c1C(=O)O. The first kappa shape index (κ1) is 15.5. The van der Waals surface area contributed by atoms with Crippen LogP contribution in [0.4, 0.5) is 9.80 Å². The van der Waals surface area contributed by atoms with Gasteiger partial charge in [-0.3, -0.25) is 5.32 Å². The molecule has 4 N–H and O–H groups in total. The van der Waals surface area contributed by atoms with Crippen molar-refractivity contribution in [2.75, 3.05) is 11.9 Å². The van der Waals surface area contributed by atoms with E-state index in [0.717, 1.165) is 4.88 Å². The Kier molecular flexibility index (Phi) is 5.31. The van der Waals surface area contributed by atoms with E-state index in [2.05, 4.69) is 10.6 Å². The number of aromatic carboxylic acids is 1. The molecule has 0 aromatic carbocycles. The number of aliphatic hydroxyl groups is 1. The number of aryl methyl sites for hydroxylation is 1. The highest BCUT2D eigenvalue weighted by molar-refractivity contribution is 7.16. The molecule has 1 rings (SSSR count). The highest BCUT2D eigenvalue weighted by Crippen LogP contribution is 2.32. The molecule has 0 bridgehead atoms. The van der Waals surface area contributed by atoms with E-state index in [0.29, 0.717) is 17.0 Å². The van der Waals surface area contributed by atoms with E-state index < -0.39 is 12.0 Å². The van der Waals surface area contributed by atoms with E-state index in [1.54, 1.807) is 13.8 Å². The molecule has 0 fully saturated rings. The van der Waals surface area contributed by atoms with Crippen molar-refractivity contribution in [3.05, 3.63) is 16.0 Å². The van der Waals surface area contributed by atoms with Crippen molar-refractivity contribution in [1.82, 2.24) is 5.32 Å². The maximum atomic E-state index is 11.7. The van der Waals surface area contributed by atoms with Gasteiger partial charge in [-0.25, -0.2) is 9.59 Å². The second kappa shape index (κ2) is 6.53. The fraction of sp³-hybridized carbons (Fsp3) is 0.500. The third-order valence-corrected chi connectivity index (χ3v) is 4.00. The summed E-state index contributed by atoms with van der Waals surface area (Å²) in [5.74, 6) is -1.06. The second-order valence-electron chi connectivity index (χ2n) is 4.18. The lowest BCUT2D eigenvalue weighted by atomic mass is 10.1. The largest absolute Gasteiger partial charge is 0.478 e. The minimum absolute atomic E-state index is 0.120. The van der Waals surface area contributed by atoms with Crippen molar-refractivity contribution in [2.24, 2.45) is 0 Å². The summed E-state index contributed by atoms with van der Waals surface area (Å²) in [6.45, 7) is 5.19. The molecule has 1 aromatic rings. The smallest absolute Gasteiger partial charge is 0.338 e. The van der Waals surface area contributed by atoms with E-state index >= 15 is 0 Å². The Morgan fingerprint density at radius 1 is 1.37 bits per heavy atom. The average molecular weight is 286 g/mol. The molecule has 0 aliphatic rings. The van der Waals surface area contributed by atoms with Gasteiger partial charge in [-0.15, -0.1) is 11.3 Å². The number of carboxylic acids is 1. The van der Waals surface area contributed by atoms with Gasteiger partial charge in [0, 0.05) is 4.88 Å². The van der Waals surface area contributed by atoms with Gasteiger partial charge in [-0.05, 0) is 25.8 Å². The summed E-state index contributed by atoms with van der Waals surface area (Å²) >= 11 is 1.22. The van der Waals surface area contributed by atoms with E-state index in [1.165, 1.54) is 11.3 Å². The summed E-state index contributed by atoms with van der Waals surface area (Å²) in [5, 5.41) is 23.6. The van der Waals surface area contributed by atoms with E-state index in [-0.39, 0.29) is 18.2 Å². The minimum atomic E-state index is -1.06. The predicted molar refractivity (Wildman–Crippen MR) is 74.1 cm³/mol. The first-order chi connectivity index (χ1) is 8.90. The molecule has 19 heavy (non-hydrogen) atoms. The van der Waals surface area contributed by atoms with Crippen LogP contribution in [0.5, 0.6) is 0 Å². The van der Waals surface area contributed by atoms with Crippen LogP contribution in [-0.4, -0.2) is 34.9 Å². The quantitative estimate of drug-likeness (QED) is 0.665. The number of carbonyl (C=O) groups excluding carboxylic acids is 1. The number of thiophene rings is 1. The molecule has 0 aliphatic heterocycles. The third kappa shape index (κ3) is 3.68. The van der Waals surface area contributed by atoms with Crippen LogP contribution in [-0.2, 0) is 0 Å². The van der Waals surface area contributed by atoms with Gasteiger partial charge in [0.25, 0.3) is 0 Å². The lowest BCUT2D eigenvalue weighted by Crippen LogP contribution is -2.39. The minimum Gasteiger partial charge on any atom is -0.478 e. The molecule has 1 aromatic heterocycles. The summed E-state index contributed by atoms with van der Waals surface area (Å²) in [6.07, 6.45) is 0.595. The Labute approximate surface area is 115 Å². The Morgan fingerprint density at radius 2 is 2.00 bits per heavy atom. The Hall–Kier alpha value is -1.60.